The Morgan fingerprint density at radius 2 is 2.00 bits per heavy atom. The number of aromatic nitrogens is 1. The van der Waals surface area contributed by atoms with E-state index in [1.165, 1.54) is 18.7 Å². The van der Waals surface area contributed by atoms with Gasteiger partial charge in [-0.3, -0.25) is 4.98 Å². The van der Waals surface area contributed by atoms with Crippen LogP contribution in [-0.2, 0) is 6.42 Å². The molecular formula is C27H33F3N2OS. The zero-order valence-corrected chi connectivity index (χ0v) is 21.2. The van der Waals surface area contributed by atoms with Crippen LogP contribution < -0.4 is 10.1 Å². The van der Waals surface area contributed by atoms with Crippen molar-refractivity contribution in [1.82, 2.24) is 10.3 Å². The molecule has 2 aromatic rings. The van der Waals surface area contributed by atoms with Gasteiger partial charge in [-0.25, -0.2) is 0 Å². The standard InChI is InChI=1S/C27H33F3N2OS/c1-6-34-16-26(5,27(28,29)30)24(20-10-7-9-18-15-25(3,4)33-23(18)20)32-22-12-8-11-21-19(22)14-13-17(2)31-21/h7-11,13-14,22,24,32H,6,12,15-16H2,1-5H3/t22?,24?,26-/m0/s1. The van der Waals surface area contributed by atoms with Gasteiger partial charge in [-0.05, 0) is 63.1 Å². The maximum absolute atomic E-state index is 14.8. The second-order valence-corrected chi connectivity index (χ2v) is 11.4. The minimum absolute atomic E-state index is 0.0424. The smallest absolute Gasteiger partial charge is 0.396 e. The molecule has 1 aromatic carbocycles. The minimum atomic E-state index is -4.41. The number of pyridine rings is 1. The third-order valence-electron chi connectivity index (χ3n) is 6.81. The number of para-hydroxylation sites is 1. The summed E-state index contributed by atoms with van der Waals surface area (Å²) in [5.41, 5.74) is 1.72. The number of nitrogens with zero attached hydrogens (tertiary/aromatic N) is 1. The molecule has 0 saturated carbocycles. The first kappa shape index (κ1) is 25.1. The molecule has 0 fully saturated rings. The van der Waals surface area contributed by atoms with E-state index in [2.05, 4.69) is 10.3 Å². The molecule has 2 aliphatic rings. The molecule has 2 unspecified atom stereocenters. The van der Waals surface area contributed by atoms with Crippen molar-refractivity contribution in [2.75, 3.05) is 11.5 Å². The number of aryl methyl sites for hydroxylation is 1. The molecule has 2 heterocycles. The third-order valence-corrected chi connectivity index (χ3v) is 8.02. The van der Waals surface area contributed by atoms with Crippen molar-refractivity contribution in [3.8, 4) is 5.75 Å². The van der Waals surface area contributed by atoms with Gasteiger partial charge in [0.15, 0.2) is 0 Å². The molecule has 4 rings (SSSR count). The number of nitrogens with one attached hydrogen (secondary N) is 1. The highest BCUT2D eigenvalue weighted by Crippen LogP contribution is 2.53. The van der Waals surface area contributed by atoms with E-state index in [-0.39, 0.29) is 11.8 Å². The van der Waals surface area contributed by atoms with Crippen LogP contribution in [0.15, 0.2) is 36.4 Å². The van der Waals surface area contributed by atoms with Gasteiger partial charge >= 0.3 is 6.18 Å². The lowest BCUT2D eigenvalue weighted by molar-refractivity contribution is -0.221. The number of benzene rings is 1. The molecule has 3 nitrogen and oxygen atoms in total. The SMILES string of the molecule is CCSC[C@@](C)(C(NC1CC=Cc2nc(C)ccc21)c1cccc2c1OC(C)(C)C2)C(F)(F)F. The summed E-state index contributed by atoms with van der Waals surface area (Å²) < 4.78 is 50.8. The second kappa shape index (κ2) is 9.23. The predicted octanol–water partition coefficient (Wildman–Crippen LogP) is 7.21. The van der Waals surface area contributed by atoms with Crippen molar-refractivity contribution in [3.05, 3.63) is 64.5 Å². The van der Waals surface area contributed by atoms with Gasteiger partial charge in [0.2, 0.25) is 0 Å². The maximum Gasteiger partial charge on any atom is 0.396 e. The van der Waals surface area contributed by atoms with Crippen molar-refractivity contribution in [2.45, 2.75) is 71.3 Å². The Bertz CT molecular complexity index is 1080. The first-order chi connectivity index (χ1) is 15.9. The first-order valence-electron chi connectivity index (χ1n) is 11.8. The summed E-state index contributed by atoms with van der Waals surface area (Å²) in [5, 5.41) is 3.46. The van der Waals surface area contributed by atoms with Crippen LogP contribution in [0.4, 0.5) is 13.2 Å². The zero-order valence-electron chi connectivity index (χ0n) is 20.4. The lowest BCUT2D eigenvalue weighted by atomic mass is 9.77. The molecule has 1 N–H and O–H groups in total. The van der Waals surface area contributed by atoms with Gasteiger partial charge < -0.3 is 10.1 Å². The minimum Gasteiger partial charge on any atom is -0.487 e. The summed E-state index contributed by atoms with van der Waals surface area (Å²) in [4.78, 5) is 4.60. The van der Waals surface area contributed by atoms with Gasteiger partial charge in [-0.2, -0.15) is 24.9 Å². The Labute approximate surface area is 204 Å². The maximum atomic E-state index is 14.8. The number of fused-ring (bicyclic) bond motifs is 2. The van der Waals surface area contributed by atoms with Gasteiger partial charge in [0.05, 0.1) is 17.2 Å². The normalized spacial score (nSPS) is 21.4. The fraction of sp³-hybridized carbons (Fsp3) is 0.519. The molecule has 0 amide bonds. The molecule has 1 aromatic heterocycles. The van der Waals surface area contributed by atoms with Gasteiger partial charge in [-0.1, -0.05) is 37.3 Å². The van der Waals surface area contributed by atoms with Crippen molar-refractivity contribution in [2.24, 2.45) is 5.41 Å². The number of hydrogen-bond acceptors (Lipinski definition) is 4. The van der Waals surface area contributed by atoms with Gasteiger partial charge in [0, 0.05) is 29.5 Å². The van der Waals surface area contributed by atoms with Crippen molar-refractivity contribution in [1.29, 1.82) is 0 Å². The van der Waals surface area contributed by atoms with Crippen LogP contribution in [0, 0.1) is 12.3 Å². The van der Waals surface area contributed by atoms with Crippen molar-refractivity contribution >= 4 is 17.8 Å². The van der Waals surface area contributed by atoms with Crippen molar-refractivity contribution in [3.63, 3.8) is 0 Å². The van der Waals surface area contributed by atoms with E-state index in [4.69, 9.17) is 4.74 Å². The fourth-order valence-electron chi connectivity index (χ4n) is 4.94. The van der Waals surface area contributed by atoms with Crippen LogP contribution in [0.2, 0.25) is 0 Å². The van der Waals surface area contributed by atoms with Gasteiger partial charge in [-0.15, -0.1) is 0 Å². The van der Waals surface area contributed by atoms with E-state index >= 15 is 0 Å². The zero-order chi connectivity index (χ0) is 24.7. The average molecular weight is 491 g/mol. The number of hydrogen-bond donors (Lipinski definition) is 1. The summed E-state index contributed by atoms with van der Waals surface area (Å²) in [6.45, 7) is 9.12. The van der Waals surface area contributed by atoms with Gasteiger partial charge in [0.25, 0.3) is 0 Å². The summed E-state index contributed by atoms with van der Waals surface area (Å²) in [5.74, 6) is 1.17. The average Bonchev–Trinajstić information content (AvgIpc) is 3.08. The quantitative estimate of drug-likeness (QED) is 0.445. The van der Waals surface area contributed by atoms with Crippen LogP contribution in [0.3, 0.4) is 0 Å². The highest BCUT2D eigenvalue weighted by Gasteiger charge is 2.57. The van der Waals surface area contributed by atoms with Gasteiger partial charge in [0.1, 0.15) is 11.4 Å². The van der Waals surface area contributed by atoms with Crippen molar-refractivity contribution < 1.29 is 17.9 Å². The number of halogens is 3. The molecule has 0 bridgehead atoms. The summed E-state index contributed by atoms with van der Waals surface area (Å²) in [6, 6.07) is 8.25. The van der Waals surface area contributed by atoms with Crippen LogP contribution in [0.1, 0.15) is 74.3 Å². The van der Waals surface area contributed by atoms with E-state index < -0.39 is 23.2 Å². The number of thioether (sulfide) groups is 1. The Morgan fingerprint density at radius 1 is 1.24 bits per heavy atom. The van der Waals surface area contributed by atoms with E-state index in [0.717, 1.165) is 22.5 Å². The van der Waals surface area contributed by atoms with E-state index in [1.807, 2.05) is 64.1 Å². The van der Waals surface area contributed by atoms with E-state index in [0.29, 0.717) is 29.9 Å². The number of rotatable bonds is 7. The number of ether oxygens (including phenoxy) is 1. The summed E-state index contributed by atoms with van der Waals surface area (Å²) in [7, 11) is 0. The highest BCUT2D eigenvalue weighted by atomic mass is 32.2. The molecule has 3 atom stereocenters. The van der Waals surface area contributed by atoms with E-state index in [9.17, 15) is 13.2 Å². The monoisotopic (exact) mass is 490 g/mol. The third kappa shape index (κ3) is 4.74. The molecule has 184 valence electrons. The van der Waals surface area contributed by atoms with Crippen LogP contribution in [0.5, 0.6) is 5.75 Å². The molecule has 1 aliphatic heterocycles. The van der Waals surface area contributed by atoms with Crippen LogP contribution >= 0.6 is 11.8 Å². The molecular weight excluding hydrogens is 457 g/mol. The topological polar surface area (TPSA) is 34.2 Å². The molecule has 1 aliphatic carbocycles. The first-order valence-corrected chi connectivity index (χ1v) is 13.0. The lowest BCUT2D eigenvalue weighted by Crippen LogP contribution is -2.49. The number of alkyl halides is 3. The van der Waals surface area contributed by atoms with E-state index in [1.54, 1.807) is 6.07 Å². The molecule has 34 heavy (non-hydrogen) atoms. The fourth-order valence-corrected chi connectivity index (χ4v) is 5.90. The largest absolute Gasteiger partial charge is 0.487 e. The lowest BCUT2D eigenvalue weighted by Gasteiger charge is -2.42. The highest BCUT2D eigenvalue weighted by molar-refractivity contribution is 7.99. The Hall–Kier alpha value is -1.99. The second-order valence-electron chi connectivity index (χ2n) is 10.1. The Balaban J connectivity index is 1.83. The van der Waals surface area contributed by atoms with Crippen LogP contribution in [0.25, 0.3) is 6.08 Å². The molecule has 0 radical (unpaired) electrons. The van der Waals surface area contributed by atoms with Crippen LogP contribution in [-0.4, -0.2) is 28.3 Å². The molecule has 0 saturated heterocycles. The Kier molecular flexibility index (Phi) is 6.82. The predicted molar refractivity (Wildman–Crippen MR) is 133 cm³/mol. The molecule has 0 spiro atoms. The summed E-state index contributed by atoms with van der Waals surface area (Å²) >= 11 is 1.32. The molecule has 7 heteroatoms. The Morgan fingerprint density at radius 3 is 2.71 bits per heavy atom. The summed E-state index contributed by atoms with van der Waals surface area (Å²) in [6.07, 6.45) is 0.808.